The van der Waals surface area contributed by atoms with E-state index in [-0.39, 0.29) is 0 Å². The largest absolute Gasteiger partial charge is 0.465 e. The molecule has 0 aromatic heterocycles. The third-order valence-electron chi connectivity index (χ3n) is 1.29. The zero-order valence-corrected chi connectivity index (χ0v) is 7.39. The second kappa shape index (κ2) is 8.29. The molecule has 0 radical (unpaired) electrons. The molecule has 1 aliphatic heterocycles. The predicted octanol–water partition coefficient (Wildman–Crippen LogP) is -0.547. The minimum absolute atomic E-state index is 0.481. The Labute approximate surface area is 72.5 Å². The molecule has 72 valence electrons. The number of amides is 1. The van der Waals surface area contributed by atoms with E-state index in [0.29, 0.717) is 6.54 Å². The SMILES string of the molecule is C1CNCCN1.CCNC(=O)O. The smallest absolute Gasteiger partial charge is 0.404 e. The standard InChI is InChI=1S/C4H10N2.C3H7NO2/c1-2-6-4-3-5-1;1-2-4-3(5)6/h5-6H,1-4H2;4H,2H2,1H3,(H,5,6). The van der Waals surface area contributed by atoms with Crippen LogP contribution in [0.1, 0.15) is 6.92 Å². The molecule has 5 heteroatoms. The van der Waals surface area contributed by atoms with Gasteiger partial charge in [-0.1, -0.05) is 0 Å². The average Bonchev–Trinajstić information content (AvgIpc) is 2.08. The van der Waals surface area contributed by atoms with Crippen molar-refractivity contribution in [3.8, 4) is 0 Å². The Kier molecular flexibility index (Phi) is 7.73. The van der Waals surface area contributed by atoms with E-state index in [1.54, 1.807) is 6.92 Å². The second-order valence-electron chi connectivity index (χ2n) is 2.34. The Bertz CT molecular complexity index is 104. The van der Waals surface area contributed by atoms with E-state index in [1.807, 2.05) is 0 Å². The van der Waals surface area contributed by atoms with Crippen LogP contribution in [-0.4, -0.2) is 43.9 Å². The van der Waals surface area contributed by atoms with Gasteiger partial charge in [-0.2, -0.15) is 0 Å². The van der Waals surface area contributed by atoms with Crippen molar-refractivity contribution >= 4 is 6.09 Å². The van der Waals surface area contributed by atoms with Gasteiger partial charge in [0.15, 0.2) is 0 Å². The third kappa shape index (κ3) is 9.19. The van der Waals surface area contributed by atoms with E-state index in [9.17, 15) is 4.79 Å². The number of piperazine rings is 1. The van der Waals surface area contributed by atoms with Crippen LogP contribution in [0.15, 0.2) is 0 Å². The Morgan fingerprint density at radius 3 is 1.83 bits per heavy atom. The molecule has 12 heavy (non-hydrogen) atoms. The van der Waals surface area contributed by atoms with Crippen molar-refractivity contribution in [2.24, 2.45) is 0 Å². The van der Waals surface area contributed by atoms with Crippen LogP contribution in [0.5, 0.6) is 0 Å². The fourth-order valence-corrected chi connectivity index (χ4v) is 0.755. The van der Waals surface area contributed by atoms with E-state index < -0.39 is 6.09 Å². The lowest BCUT2D eigenvalue weighted by atomic mass is 10.4. The highest BCUT2D eigenvalue weighted by atomic mass is 16.4. The molecule has 1 saturated heterocycles. The first-order chi connectivity index (χ1) is 5.77. The monoisotopic (exact) mass is 175 g/mol. The zero-order valence-electron chi connectivity index (χ0n) is 7.39. The van der Waals surface area contributed by atoms with Gasteiger partial charge in [0.1, 0.15) is 0 Å². The van der Waals surface area contributed by atoms with Gasteiger partial charge in [0.25, 0.3) is 0 Å². The summed E-state index contributed by atoms with van der Waals surface area (Å²) in [4.78, 5) is 9.49. The summed E-state index contributed by atoms with van der Waals surface area (Å²) in [5.41, 5.74) is 0. The van der Waals surface area contributed by atoms with Gasteiger partial charge in [0, 0.05) is 32.7 Å². The average molecular weight is 175 g/mol. The lowest BCUT2D eigenvalue weighted by molar-refractivity contribution is 0.195. The minimum atomic E-state index is -0.961. The Balaban J connectivity index is 0.000000202. The first kappa shape index (κ1) is 11.2. The highest BCUT2D eigenvalue weighted by Gasteiger charge is 1.91. The maximum absolute atomic E-state index is 9.49. The van der Waals surface area contributed by atoms with Crippen molar-refractivity contribution < 1.29 is 9.90 Å². The van der Waals surface area contributed by atoms with E-state index in [4.69, 9.17) is 5.11 Å². The van der Waals surface area contributed by atoms with Crippen LogP contribution in [0, 0.1) is 0 Å². The van der Waals surface area contributed by atoms with E-state index >= 15 is 0 Å². The maximum atomic E-state index is 9.49. The molecule has 1 heterocycles. The number of hydrogen-bond acceptors (Lipinski definition) is 3. The quantitative estimate of drug-likeness (QED) is 0.431. The van der Waals surface area contributed by atoms with Gasteiger partial charge in [-0.25, -0.2) is 4.79 Å². The molecular formula is C7H17N3O2. The number of carboxylic acid groups (broad SMARTS) is 1. The van der Waals surface area contributed by atoms with Gasteiger partial charge < -0.3 is 21.1 Å². The highest BCUT2D eigenvalue weighted by Crippen LogP contribution is 1.65. The lowest BCUT2D eigenvalue weighted by Crippen LogP contribution is -2.39. The number of hydrogen-bond donors (Lipinski definition) is 4. The summed E-state index contributed by atoms with van der Waals surface area (Å²) in [5.74, 6) is 0. The van der Waals surface area contributed by atoms with Gasteiger partial charge in [0.05, 0.1) is 0 Å². The molecule has 1 aliphatic rings. The van der Waals surface area contributed by atoms with Gasteiger partial charge in [-0.05, 0) is 6.92 Å². The van der Waals surface area contributed by atoms with Crippen molar-refractivity contribution in [1.29, 1.82) is 0 Å². The fourth-order valence-electron chi connectivity index (χ4n) is 0.755. The summed E-state index contributed by atoms with van der Waals surface area (Å²) in [6, 6.07) is 0. The van der Waals surface area contributed by atoms with Crippen LogP contribution >= 0.6 is 0 Å². The molecule has 1 amide bonds. The molecule has 1 fully saturated rings. The van der Waals surface area contributed by atoms with Crippen LogP contribution in [0.25, 0.3) is 0 Å². The fraction of sp³-hybridized carbons (Fsp3) is 0.857. The van der Waals surface area contributed by atoms with Crippen molar-refractivity contribution in [3.05, 3.63) is 0 Å². The molecular weight excluding hydrogens is 158 g/mol. The first-order valence-corrected chi connectivity index (χ1v) is 4.15. The summed E-state index contributed by atoms with van der Waals surface area (Å²) >= 11 is 0. The molecule has 4 N–H and O–H groups in total. The second-order valence-corrected chi connectivity index (χ2v) is 2.34. The van der Waals surface area contributed by atoms with Crippen LogP contribution in [-0.2, 0) is 0 Å². The van der Waals surface area contributed by atoms with Crippen molar-refractivity contribution in [2.75, 3.05) is 32.7 Å². The van der Waals surface area contributed by atoms with Gasteiger partial charge in [-0.15, -0.1) is 0 Å². The van der Waals surface area contributed by atoms with Gasteiger partial charge in [0.2, 0.25) is 0 Å². The van der Waals surface area contributed by atoms with Gasteiger partial charge in [-0.3, -0.25) is 0 Å². The van der Waals surface area contributed by atoms with E-state index in [2.05, 4.69) is 16.0 Å². The highest BCUT2D eigenvalue weighted by molar-refractivity contribution is 5.64. The molecule has 0 spiro atoms. The molecule has 0 aromatic rings. The summed E-state index contributed by atoms with van der Waals surface area (Å²) in [6.45, 7) is 6.77. The molecule has 0 atom stereocenters. The maximum Gasteiger partial charge on any atom is 0.404 e. The third-order valence-corrected chi connectivity index (χ3v) is 1.29. The predicted molar refractivity (Wildman–Crippen MR) is 47.4 cm³/mol. The number of rotatable bonds is 1. The summed E-state index contributed by atoms with van der Waals surface area (Å²) in [5, 5.41) is 16.4. The topological polar surface area (TPSA) is 73.4 Å². The molecule has 1 rings (SSSR count). The van der Waals surface area contributed by atoms with Crippen molar-refractivity contribution in [3.63, 3.8) is 0 Å². The van der Waals surface area contributed by atoms with E-state index in [0.717, 1.165) is 26.2 Å². The number of carbonyl (C=O) groups is 1. The van der Waals surface area contributed by atoms with E-state index in [1.165, 1.54) is 0 Å². The molecule has 0 aromatic carbocycles. The summed E-state index contributed by atoms with van der Waals surface area (Å²) in [6.07, 6.45) is -0.961. The molecule has 5 nitrogen and oxygen atoms in total. The zero-order chi connectivity index (χ0) is 9.23. The van der Waals surface area contributed by atoms with Crippen LogP contribution in [0.2, 0.25) is 0 Å². The van der Waals surface area contributed by atoms with Crippen LogP contribution in [0.4, 0.5) is 4.79 Å². The Morgan fingerprint density at radius 2 is 1.75 bits per heavy atom. The molecule has 0 bridgehead atoms. The summed E-state index contributed by atoms with van der Waals surface area (Å²) < 4.78 is 0. The minimum Gasteiger partial charge on any atom is -0.465 e. The number of nitrogens with one attached hydrogen (secondary N) is 3. The molecule has 0 aliphatic carbocycles. The van der Waals surface area contributed by atoms with Crippen molar-refractivity contribution in [2.45, 2.75) is 6.92 Å². The van der Waals surface area contributed by atoms with Crippen LogP contribution in [0.3, 0.4) is 0 Å². The first-order valence-electron chi connectivity index (χ1n) is 4.15. The molecule has 0 unspecified atom stereocenters. The van der Waals surface area contributed by atoms with Gasteiger partial charge >= 0.3 is 6.09 Å². The molecule has 0 saturated carbocycles. The lowest BCUT2D eigenvalue weighted by Gasteiger charge is -2.11. The summed E-state index contributed by atoms with van der Waals surface area (Å²) in [7, 11) is 0. The van der Waals surface area contributed by atoms with Crippen molar-refractivity contribution in [1.82, 2.24) is 16.0 Å². The Morgan fingerprint density at radius 1 is 1.33 bits per heavy atom. The normalized spacial score (nSPS) is 15.8. The van der Waals surface area contributed by atoms with Crippen LogP contribution < -0.4 is 16.0 Å². The Hall–Kier alpha value is -0.810.